The molecule has 0 amide bonds. The number of benzene rings is 1. The summed E-state index contributed by atoms with van der Waals surface area (Å²) >= 11 is 6.13. The van der Waals surface area contributed by atoms with Crippen LogP contribution in [-0.4, -0.2) is 21.1 Å². The Morgan fingerprint density at radius 1 is 1.38 bits per heavy atom. The van der Waals surface area contributed by atoms with Crippen LogP contribution in [-0.2, 0) is 10.0 Å². The first-order valence-electron chi connectivity index (χ1n) is 6.71. The molecule has 21 heavy (non-hydrogen) atoms. The molecule has 2 aliphatic rings. The Kier molecular flexibility index (Phi) is 2.82. The van der Waals surface area contributed by atoms with Crippen molar-refractivity contribution in [2.75, 3.05) is 11.4 Å². The number of anilines is 1. The van der Waals surface area contributed by atoms with E-state index in [2.05, 4.69) is 9.62 Å². The summed E-state index contributed by atoms with van der Waals surface area (Å²) in [5.41, 5.74) is 2.35. The Morgan fingerprint density at radius 2 is 2.24 bits per heavy atom. The van der Waals surface area contributed by atoms with E-state index in [1.807, 2.05) is 6.07 Å². The van der Waals surface area contributed by atoms with Gasteiger partial charge < -0.3 is 9.32 Å². The van der Waals surface area contributed by atoms with E-state index in [0.717, 1.165) is 36.2 Å². The molecule has 0 spiro atoms. The number of halogens is 1. The topological polar surface area (TPSA) is 62.6 Å². The summed E-state index contributed by atoms with van der Waals surface area (Å²) in [5.74, 6) is 0. The number of sulfonamides is 1. The van der Waals surface area contributed by atoms with Crippen molar-refractivity contribution in [1.29, 1.82) is 0 Å². The lowest BCUT2D eigenvalue weighted by molar-refractivity contribution is 0.540. The second kappa shape index (κ2) is 4.50. The number of nitrogens with one attached hydrogen (secondary N) is 1. The first-order valence-corrected chi connectivity index (χ1v) is 8.57. The second-order valence-corrected chi connectivity index (χ2v) is 7.40. The van der Waals surface area contributed by atoms with E-state index in [9.17, 15) is 8.42 Å². The molecule has 0 bridgehead atoms. The number of hydrogen-bond donors (Lipinski definition) is 1. The molecule has 1 atom stereocenters. The van der Waals surface area contributed by atoms with E-state index in [0.29, 0.717) is 5.02 Å². The quantitative estimate of drug-likeness (QED) is 0.876. The number of nitrogens with zero attached hydrogens (tertiary/aromatic N) is 1. The lowest BCUT2D eigenvalue weighted by Crippen LogP contribution is -2.49. The molecule has 0 radical (unpaired) electrons. The van der Waals surface area contributed by atoms with Crippen molar-refractivity contribution in [3.8, 4) is 11.1 Å². The molecule has 0 aliphatic carbocycles. The molecule has 0 unspecified atom stereocenters. The Balaban J connectivity index is 2.05. The normalized spacial score (nSPS) is 22.9. The Bertz CT molecular complexity index is 802. The van der Waals surface area contributed by atoms with Gasteiger partial charge in [-0.2, -0.15) is 4.72 Å². The molecule has 110 valence electrons. The standard InChI is InChI=1S/C14H13ClN2O3S/c15-10-6-11(9-3-5-20-8-9)14-12(7-10)21(18,19)16-13-2-1-4-17(13)14/h3,5-8,13,16H,1-2,4H2/t13-/m0/s1. The minimum Gasteiger partial charge on any atom is -0.472 e. The highest BCUT2D eigenvalue weighted by atomic mass is 35.5. The monoisotopic (exact) mass is 324 g/mol. The van der Waals surface area contributed by atoms with Crippen molar-refractivity contribution >= 4 is 27.3 Å². The summed E-state index contributed by atoms with van der Waals surface area (Å²) in [7, 11) is -3.54. The summed E-state index contributed by atoms with van der Waals surface area (Å²) in [6.07, 6.45) is 4.77. The molecule has 1 saturated heterocycles. The molecular formula is C14H13ClN2O3S. The molecular weight excluding hydrogens is 312 g/mol. The Labute approximate surface area is 127 Å². The molecule has 5 nitrogen and oxygen atoms in total. The molecule has 0 saturated carbocycles. The Hall–Kier alpha value is -1.50. The van der Waals surface area contributed by atoms with Gasteiger partial charge in [-0.15, -0.1) is 0 Å². The summed E-state index contributed by atoms with van der Waals surface area (Å²) in [5, 5.41) is 0.396. The Morgan fingerprint density at radius 3 is 3.00 bits per heavy atom. The number of rotatable bonds is 1. The van der Waals surface area contributed by atoms with Gasteiger partial charge in [0, 0.05) is 22.7 Å². The number of furan rings is 1. The van der Waals surface area contributed by atoms with Gasteiger partial charge in [-0.1, -0.05) is 11.6 Å². The molecule has 1 aromatic carbocycles. The maximum Gasteiger partial charge on any atom is 0.244 e. The van der Waals surface area contributed by atoms with Crippen LogP contribution in [0, 0.1) is 0 Å². The highest BCUT2D eigenvalue weighted by Crippen LogP contribution is 2.44. The average Bonchev–Trinajstić information content (AvgIpc) is 3.07. The fourth-order valence-corrected chi connectivity index (χ4v) is 4.89. The van der Waals surface area contributed by atoms with E-state index >= 15 is 0 Å². The summed E-state index contributed by atoms with van der Waals surface area (Å²) in [6.45, 7) is 0.826. The zero-order chi connectivity index (χ0) is 14.6. The molecule has 1 fully saturated rings. The summed E-state index contributed by atoms with van der Waals surface area (Å²) in [6, 6.07) is 5.12. The van der Waals surface area contributed by atoms with Crippen molar-refractivity contribution in [3.63, 3.8) is 0 Å². The predicted octanol–water partition coefficient (Wildman–Crippen LogP) is 2.82. The maximum absolute atomic E-state index is 12.5. The molecule has 7 heteroatoms. The van der Waals surface area contributed by atoms with Crippen LogP contribution in [0.1, 0.15) is 12.8 Å². The zero-order valence-corrected chi connectivity index (χ0v) is 12.6. The van der Waals surface area contributed by atoms with E-state index in [1.54, 1.807) is 18.6 Å². The minimum absolute atomic E-state index is 0.172. The zero-order valence-electron chi connectivity index (χ0n) is 11.0. The summed E-state index contributed by atoms with van der Waals surface area (Å²) in [4.78, 5) is 2.35. The molecule has 1 N–H and O–H groups in total. The van der Waals surface area contributed by atoms with E-state index in [-0.39, 0.29) is 11.1 Å². The first kappa shape index (κ1) is 13.2. The van der Waals surface area contributed by atoms with Crippen LogP contribution in [0.4, 0.5) is 5.69 Å². The van der Waals surface area contributed by atoms with E-state index in [4.69, 9.17) is 16.0 Å². The third-order valence-electron chi connectivity index (χ3n) is 3.99. The number of hydrogen-bond acceptors (Lipinski definition) is 4. The third kappa shape index (κ3) is 1.97. The SMILES string of the molecule is O=S1(=O)N[C@@H]2CCCN2c2c(-c3ccoc3)cc(Cl)cc21. The third-order valence-corrected chi connectivity index (χ3v) is 5.68. The van der Waals surface area contributed by atoms with Gasteiger partial charge in [-0.05, 0) is 31.0 Å². The number of fused-ring (bicyclic) bond motifs is 3. The van der Waals surface area contributed by atoms with Crippen LogP contribution in [0.5, 0.6) is 0 Å². The van der Waals surface area contributed by atoms with Gasteiger partial charge in [-0.25, -0.2) is 8.42 Å². The van der Waals surface area contributed by atoms with E-state index < -0.39 is 10.0 Å². The second-order valence-electron chi connectivity index (χ2n) is 5.28. The van der Waals surface area contributed by atoms with Crippen molar-refractivity contribution < 1.29 is 12.8 Å². The molecule has 3 heterocycles. The first-order chi connectivity index (χ1) is 10.1. The fraction of sp³-hybridized carbons (Fsp3) is 0.286. The van der Waals surface area contributed by atoms with Gasteiger partial charge in [0.15, 0.2) is 0 Å². The van der Waals surface area contributed by atoms with Gasteiger partial charge in [0.05, 0.1) is 24.4 Å². The van der Waals surface area contributed by atoms with Crippen molar-refractivity contribution in [3.05, 3.63) is 35.7 Å². The van der Waals surface area contributed by atoms with Crippen molar-refractivity contribution in [1.82, 2.24) is 4.72 Å². The van der Waals surface area contributed by atoms with Crippen molar-refractivity contribution in [2.24, 2.45) is 0 Å². The van der Waals surface area contributed by atoms with Gasteiger partial charge in [0.2, 0.25) is 10.0 Å². The minimum atomic E-state index is -3.54. The molecule has 1 aromatic heterocycles. The van der Waals surface area contributed by atoms with Crippen LogP contribution in [0.25, 0.3) is 11.1 Å². The van der Waals surface area contributed by atoms with Crippen LogP contribution in [0.3, 0.4) is 0 Å². The fourth-order valence-electron chi connectivity index (χ4n) is 3.11. The van der Waals surface area contributed by atoms with Crippen LogP contribution < -0.4 is 9.62 Å². The van der Waals surface area contributed by atoms with Crippen LogP contribution in [0.2, 0.25) is 5.02 Å². The lowest BCUT2D eigenvalue weighted by atomic mass is 10.1. The van der Waals surface area contributed by atoms with Crippen LogP contribution >= 0.6 is 11.6 Å². The maximum atomic E-state index is 12.5. The van der Waals surface area contributed by atoms with E-state index in [1.165, 1.54) is 6.07 Å². The largest absolute Gasteiger partial charge is 0.472 e. The molecule has 2 aliphatic heterocycles. The molecule has 4 rings (SSSR count). The highest BCUT2D eigenvalue weighted by molar-refractivity contribution is 7.89. The molecule has 2 aromatic rings. The van der Waals surface area contributed by atoms with Gasteiger partial charge >= 0.3 is 0 Å². The van der Waals surface area contributed by atoms with Gasteiger partial charge in [0.1, 0.15) is 4.90 Å². The predicted molar refractivity (Wildman–Crippen MR) is 79.8 cm³/mol. The van der Waals surface area contributed by atoms with Crippen LogP contribution in [0.15, 0.2) is 40.0 Å². The van der Waals surface area contributed by atoms with Gasteiger partial charge in [0.25, 0.3) is 0 Å². The van der Waals surface area contributed by atoms with Gasteiger partial charge in [-0.3, -0.25) is 0 Å². The smallest absolute Gasteiger partial charge is 0.244 e. The summed E-state index contributed by atoms with van der Waals surface area (Å²) < 4.78 is 32.8. The average molecular weight is 325 g/mol. The highest BCUT2D eigenvalue weighted by Gasteiger charge is 2.39. The lowest BCUT2D eigenvalue weighted by Gasteiger charge is -2.35. The van der Waals surface area contributed by atoms with Crippen molar-refractivity contribution in [2.45, 2.75) is 23.9 Å².